The number of carboxylic acids is 1. The molecule has 0 aliphatic heterocycles. The summed E-state index contributed by atoms with van der Waals surface area (Å²) in [6, 6.07) is 8.57. The van der Waals surface area contributed by atoms with Gasteiger partial charge in [-0.1, -0.05) is 11.6 Å². The summed E-state index contributed by atoms with van der Waals surface area (Å²) in [5.74, 6) is -1.26. The Bertz CT molecular complexity index is 661. The zero-order valence-electron chi connectivity index (χ0n) is 10.1. The van der Waals surface area contributed by atoms with Crippen LogP contribution in [0.25, 0.3) is 0 Å². The molecule has 0 aromatic heterocycles. The van der Waals surface area contributed by atoms with Gasteiger partial charge in [0.05, 0.1) is 10.0 Å². The minimum Gasteiger partial charge on any atom is -0.488 e. The van der Waals surface area contributed by atoms with Crippen LogP contribution in [0.4, 0.5) is 4.39 Å². The number of hydrogen-bond donors (Lipinski definition) is 1. The topological polar surface area (TPSA) is 46.5 Å². The van der Waals surface area contributed by atoms with E-state index in [4.69, 9.17) is 21.4 Å². The van der Waals surface area contributed by atoms with Crippen LogP contribution in [0.1, 0.15) is 15.9 Å². The molecule has 2 rings (SSSR count). The van der Waals surface area contributed by atoms with Crippen LogP contribution in [0.15, 0.2) is 40.9 Å². The fraction of sp³-hybridized carbons (Fsp3) is 0.0714. The second kappa shape index (κ2) is 6.24. The molecule has 0 unspecified atom stereocenters. The van der Waals surface area contributed by atoms with E-state index in [1.54, 1.807) is 18.2 Å². The lowest BCUT2D eigenvalue weighted by Crippen LogP contribution is -2.02. The van der Waals surface area contributed by atoms with Gasteiger partial charge in [0.1, 0.15) is 18.2 Å². The molecule has 0 fully saturated rings. The average Bonchev–Trinajstić information content (AvgIpc) is 2.37. The number of hydrogen-bond acceptors (Lipinski definition) is 2. The second-order valence-electron chi connectivity index (χ2n) is 4.02. The van der Waals surface area contributed by atoms with Gasteiger partial charge in [0, 0.05) is 5.02 Å². The van der Waals surface area contributed by atoms with E-state index in [9.17, 15) is 9.18 Å². The molecule has 0 heterocycles. The largest absolute Gasteiger partial charge is 0.488 e. The van der Waals surface area contributed by atoms with E-state index in [0.29, 0.717) is 20.8 Å². The maximum Gasteiger partial charge on any atom is 0.335 e. The molecule has 0 saturated carbocycles. The van der Waals surface area contributed by atoms with Gasteiger partial charge in [0.15, 0.2) is 0 Å². The van der Waals surface area contributed by atoms with Gasteiger partial charge in [-0.05, 0) is 57.9 Å². The number of aromatic carboxylic acids is 1. The molecular formula is C14H9BrClFO3. The highest BCUT2D eigenvalue weighted by Crippen LogP contribution is 2.28. The minimum atomic E-state index is -1.18. The lowest BCUT2D eigenvalue weighted by Gasteiger charge is -2.09. The molecule has 6 heteroatoms. The zero-order chi connectivity index (χ0) is 14.7. The lowest BCUT2D eigenvalue weighted by molar-refractivity contribution is 0.0696. The summed E-state index contributed by atoms with van der Waals surface area (Å²) in [6.07, 6.45) is 0. The van der Waals surface area contributed by atoms with Crippen LogP contribution in [0.3, 0.4) is 0 Å². The van der Waals surface area contributed by atoms with Gasteiger partial charge in [-0.15, -0.1) is 0 Å². The second-order valence-corrected chi connectivity index (χ2v) is 5.31. The number of rotatable bonds is 4. The van der Waals surface area contributed by atoms with E-state index < -0.39 is 11.8 Å². The highest BCUT2D eigenvalue weighted by molar-refractivity contribution is 9.10. The van der Waals surface area contributed by atoms with Crippen LogP contribution in [0.5, 0.6) is 5.75 Å². The first kappa shape index (κ1) is 14.8. The predicted octanol–water partition coefficient (Wildman–Crippen LogP) is 4.52. The molecule has 2 aromatic rings. The Kier molecular flexibility index (Phi) is 4.62. The Labute approximate surface area is 128 Å². The predicted molar refractivity (Wildman–Crippen MR) is 76.8 cm³/mol. The molecular weight excluding hydrogens is 351 g/mol. The van der Waals surface area contributed by atoms with Gasteiger partial charge in [-0.25, -0.2) is 9.18 Å². The molecule has 0 amide bonds. The van der Waals surface area contributed by atoms with E-state index >= 15 is 0 Å². The van der Waals surface area contributed by atoms with Crippen molar-refractivity contribution < 1.29 is 19.0 Å². The lowest BCUT2D eigenvalue weighted by atomic mass is 10.1. The van der Waals surface area contributed by atoms with E-state index in [0.717, 1.165) is 6.07 Å². The fourth-order valence-corrected chi connectivity index (χ4v) is 2.41. The molecule has 0 spiro atoms. The highest BCUT2D eigenvalue weighted by atomic mass is 79.9. The Morgan fingerprint density at radius 1 is 1.30 bits per heavy atom. The van der Waals surface area contributed by atoms with Gasteiger partial charge in [0.2, 0.25) is 0 Å². The van der Waals surface area contributed by atoms with Gasteiger partial charge < -0.3 is 9.84 Å². The molecule has 20 heavy (non-hydrogen) atoms. The van der Waals surface area contributed by atoms with Crippen molar-refractivity contribution in [3.05, 3.63) is 62.8 Å². The Balaban J connectivity index is 2.16. The van der Waals surface area contributed by atoms with Crippen LogP contribution in [0.2, 0.25) is 5.02 Å². The molecule has 0 saturated heterocycles. The molecule has 0 aliphatic carbocycles. The smallest absolute Gasteiger partial charge is 0.335 e. The number of halogens is 3. The zero-order valence-corrected chi connectivity index (χ0v) is 12.4. The standard InChI is InChI=1S/C14H9BrClFO3/c15-12-6-10(16)1-2-13(12)20-7-8-3-9(14(18)19)5-11(17)4-8/h1-6H,7H2,(H,18,19). The Hall–Kier alpha value is -1.59. The summed E-state index contributed by atoms with van der Waals surface area (Å²) in [4.78, 5) is 10.8. The summed E-state index contributed by atoms with van der Waals surface area (Å²) in [7, 11) is 0. The summed E-state index contributed by atoms with van der Waals surface area (Å²) in [5.41, 5.74) is 0.322. The van der Waals surface area contributed by atoms with Gasteiger partial charge in [-0.3, -0.25) is 0 Å². The number of benzene rings is 2. The van der Waals surface area contributed by atoms with Gasteiger partial charge in [0.25, 0.3) is 0 Å². The van der Waals surface area contributed by atoms with E-state index in [-0.39, 0.29) is 12.2 Å². The summed E-state index contributed by atoms with van der Waals surface area (Å²) < 4.78 is 19.5. The molecule has 0 radical (unpaired) electrons. The highest BCUT2D eigenvalue weighted by Gasteiger charge is 2.08. The number of carbonyl (C=O) groups is 1. The van der Waals surface area contributed by atoms with Crippen molar-refractivity contribution in [1.82, 2.24) is 0 Å². The summed E-state index contributed by atoms with van der Waals surface area (Å²) in [5, 5.41) is 9.42. The molecule has 104 valence electrons. The molecule has 2 aromatic carbocycles. The molecule has 3 nitrogen and oxygen atoms in total. The van der Waals surface area contributed by atoms with Crippen LogP contribution in [-0.2, 0) is 6.61 Å². The van der Waals surface area contributed by atoms with Crippen molar-refractivity contribution in [2.24, 2.45) is 0 Å². The summed E-state index contributed by atoms with van der Waals surface area (Å²) >= 11 is 9.11. The first-order valence-corrected chi connectivity index (χ1v) is 6.73. The SMILES string of the molecule is O=C(O)c1cc(F)cc(COc2ccc(Cl)cc2Br)c1. The van der Waals surface area contributed by atoms with E-state index in [1.807, 2.05) is 0 Å². The minimum absolute atomic E-state index is 0.0538. The average molecular weight is 360 g/mol. The third-order valence-electron chi connectivity index (χ3n) is 2.49. The number of carboxylic acid groups (broad SMARTS) is 1. The third kappa shape index (κ3) is 3.71. The molecule has 0 atom stereocenters. The number of ether oxygens (including phenoxy) is 1. The van der Waals surface area contributed by atoms with Gasteiger partial charge in [-0.2, -0.15) is 0 Å². The fourth-order valence-electron chi connectivity index (χ4n) is 1.61. The normalized spacial score (nSPS) is 10.3. The quantitative estimate of drug-likeness (QED) is 0.873. The van der Waals surface area contributed by atoms with Crippen molar-refractivity contribution in [3.63, 3.8) is 0 Å². The first-order valence-electron chi connectivity index (χ1n) is 5.56. The monoisotopic (exact) mass is 358 g/mol. The van der Waals surface area contributed by atoms with Crippen LogP contribution in [-0.4, -0.2) is 11.1 Å². The van der Waals surface area contributed by atoms with Gasteiger partial charge >= 0.3 is 5.97 Å². The van der Waals surface area contributed by atoms with E-state index in [1.165, 1.54) is 12.1 Å². The third-order valence-corrected chi connectivity index (χ3v) is 3.35. The van der Waals surface area contributed by atoms with E-state index in [2.05, 4.69) is 15.9 Å². The van der Waals surface area contributed by atoms with Crippen LogP contribution in [0, 0.1) is 5.82 Å². The molecule has 0 aliphatic rings. The van der Waals surface area contributed by atoms with Crippen molar-refractivity contribution in [1.29, 1.82) is 0 Å². The first-order chi connectivity index (χ1) is 9.45. The van der Waals surface area contributed by atoms with Crippen LogP contribution >= 0.6 is 27.5 Å². The molecule has 0 bridgehead atoms. The molecule has 1 N–H and O–H groups in total. The Morgan fingerprint density at radius 2 is 2.05 bits per heavy atom. The maximum absolute atomic E-state index is 13.3. The Morgan fingerprint density at radius 3 is 2.70 bits per heavy atom. The van der Waals surface area contributed by atoms with Crippen molar-refractivity contribution in [3.8, 4) is 5.75 Å². The van der Waals surface area contributed by atoms with Crippen molar-refractivity contribution in [2.45, 2.75) is 6.61 Å². The maximum atomic E-state index is 13.3. The van der Waals surface area contributed by atoms with Crippen molar-refractivity contribution in [2.75, 3.05) is 0 Å². The van der Waals surface area contributed by atoms with Crippen LogP contribution < -0.4 is 4.74 Å². The van der Waals surface area contributed by atoms with Crippen molar-refractivity contribution >= 4 is 33.5 Å². The summed E-state index contributed by atoms with van der Waals surface area (Å²) in [6.45, 7) is 0.0538.